The highest BCUT2D eigenvalue weighted by Gasteiger charge is 2.05. The van der Waals surface area contributed by atoms with Gasteiger partial charge in [-0.15, -0.1) is 0 Å². The largest absolute Gasteiger partial charge is 0.323 e. The minimum Gasteiger partial charge on any atom is -0.323 e. The smallest absolute Gasteiger partial charge is 0.0829 e. The molecule has 0 aliphatic rings. The lowest BCUT2D eigenvalue weighted by molar-refractivity contribution is 0.674. The molecular formula is C12H16N4. The Kier molecular flexibility index (Phi) is 3.01. The number of aromatic nitrogens is 3. The zero-order valence-electron chi connectivity index (χ0n) is 9.59. The van der Waals surface area contributed by atoms with E-state index in [1.54, 1.807) is 6.20 Å². The van der Waals surface area contributed by atoms with Crippen molar-refractivity contribution in [1.29, 1.82) is 0 Å². The molecule has 0 amide bonds. The van der Waals surface area contributed by atoms with Gasteiger partial charge in [0.2, 0.25) is 0 Å². The van der Waals surface area contributed by atoms with Crippen LogP contribution in [-0.4, -0.2) is 14.8 Å². The first-order valence-corrected chi connectivity index (χ1v) is 5.45. The molecule has 0 unspecified atom stereocenters. The lowest BCUT2D eigenvalue weighted by Gasteiger charge is -2.08. The van der Waals surface area contributed by atoms with Gasteiger partial charge in [-0.1, -0.05) is 6.92 Å². The normalized spacial score (nSPS) is 12.7. The third-order valence-electron chi connectivity index (χ3n) is 2.58. The van der Waals surface area contributed by atoms with E-state index >= 15 is 0 Å². The monoisotopic (exact) mass is 216 g/mol. The van der Waals surface area contributed by atoms with Gasteiger partial charge in [0, 0.05) is 12.2 Å². The van der Waals surface area contributed by atoms with Gasteiger partial charge in [-0.3, -0.25) is 4.98 Å². The average molecular weight is 216 g/mol. The molecule has 2 aromatic heterocycles. The summed E-state index contributed by atoms with van der Waals surface area (Å²) in [5.41, 5.74) is 8.78. The quantitative estimate of drug-likeness (QED) is 0.853. The lowest BCUT2D eigenvalue weighted by atomic mass is 10.1. The van der Waals surface area contributed by atoms with Crippen molar-refractivity contribution in [3.8, 4) is 5.69 Å². The SMILES string of the molecule is CC[C@@H](N)c1ccc(-n2ccc(C)n2)cn1. The Morgan fingerprint density at radius 1 is 1.38 bits per heavy atom. The van der Waals surface area contributed by atoms with Crippen LogP contribution >= 0.6 is 0 Å². The standard InChI is InChI=1S/C12H16N4/c1-3-11(13)12-5-4-10(8-14-12)16-7-6-9(2)15-16/h4-8,11H,3,13H2,1-2H3/t11-/m1/s1. The van der Waals surface area contributed by atoms with Crippen molar-refractivity contribution in [3.63, 3.8) is 0 Å². The molecule has 4 nitrogen and oxygen atoms in total. The maximum Gasteiger partial charge on any atom is 0.0829 e. The molecule has 1 atom stereocenters. The van der Waals surface area contributed by atoms with E-state index in [9.17, 15) is 0 Å². The zero-order valence-corrected chi connectivity index (χ0v) is 9.59. The third kappa shape index (κ3) is 2.12. The van der Waals surface area contributed by atoms with E-state index in [1.165, 1.54) is 0 Å². The lowest BCUT2D eigenvalue weighted by Crippen LogP contribution is -2.10. The number of hydrogen-bond donors (Lipinski definition) is 1. The molecule has 0 aliphatic carbocycles. The number of rotatable bonds is 3. The zero-order chi connectivity index (χ0) is 11.5. The van der Waals surface area contributed by atoms with Crippen molar-refractivity contribution in [2.45, 2.75) is 26.3 Å². The van der Waals surface area contributed by atoms with Crippen molar-refractivity contribution >= 4 is 0 Å². The molecule has 2 rings (SSSR count). The Morgan fingerprint density at radius 2 is 2.19 bits per heavy atom. The minimum atomic E-state index is 0.0217. The molecule has 2 aromatic rings. The predicted molar refractivity (Wildman–Crippen MR) is 63.3 cm³/mol. The fraction of sp³-hybridized carbons (Fsp3) is 0.333. The molecule has 0 aliphatic heterocycles. The van der Waals surface area contributed by atoms with Crippen molar-refractivity contribution in [2.75, 3.05) is 0 Å². The molecule has 0 saturated carbocycles. The maximum atomic E-state index is 5.90. The Balaban J connectivity index is 2.25. The summed E-state index contributed by atoms with van der Waals surface area (Å²) in [7, 11) is 0. The fourth-order valence-corrected chi connectivity index (χ4v) is 1.52. The predicted octanol–water partition coefficient (Wildman–Crippen LogP) is 1.99. The topological polar surface area (TPSA) is 56.7 Å². The number of nitrogens with zero attached hydrogens (tertiary/aromatic N) is 3. The van der Waals surface area contributed by atoms with Gasteiger partial charge in [-0.25, -0.2) is 4.68 Å². The van der Waals surface area contributed by atoms with Gasteiger partial charge >= 0.3 is 0 Å². The summed E-state index contributed by atoms with van der Waals surface area (Å²) in [5.74, 6) is 0. The second-order valence-corrected chi connectivity index (χ2v) is 3.86. The van der Waals surface area contributed by atoms with Crippen LogP contribution in [0.1, 0.15) is 30.8 Å². The van der Waals surface area contributed by atoms with E-state index in [-0.39, 0.29) is 6.04 Å². The number of aryl methyl sites for hydroxylation is 1. The van der Waals surface area contributed by atoms with Crippen molar-refractivity contribution in [2.24, 2.45) is 5.73 Å². The van der Waals surface area contributed by atoms with Gasteiger partial charge in [0.15, 0.2) is 0 Å². The molecule has 0 radical (unpaired) electrons. The van der Waals surface area contributed by atoms with Crippen LogP contribution in [0.25, 0.3) is 5.69 Å². The van der Waals surface area contributed by atoms with Gasteiger partial charge in [0.25, 0.3) is 0 Å². The first kappa shape index (κ1) is 10.8. The van der Waals surface area contributed by atoms with Crippen LogP contribution in [0, 0.1) is 6.92 Å². The molecule has 84 valence electrons. The number of pyridine rings is 1. The Morgan fingerprint density at radius 3 is 2.69 bits per heavy atom. The summed E-state index contributed by atoms with van der Waals surface area (Å²) in [5, 5.41) is 4.32. The van der Waals surface area contributed by atoms with Crippen LogP contribution in [-0.2, 0) is 0 Å². The van der Waals surface area contributed by atoms with Gasteiger partial charge < -0.3 is 5.73 Å². The molecule has 4 heteroatoms. The van der Waals surface area contributed by atoms with Crippen LogP contribution in [0.2, 0.25) is 0 Å². The van der Waals surface area contributed by atoms with E-state index < -0.39 is 0 Å². The summed E-state index contributed by atoms with van der Waals surface area (Å²) in [6.45, 7) is 4.02. The summed E-state index contributed by atoms with van der Waals surface area (Å²) in [6, 6.07) is 5.93. The first-order chi connectivity index (χ1) is 7.70. The van der Waals surface area contributed by atoms with Crippen molar-refractivity contribution < 1.29 is 0 Å². The summed E-state index contributed by atoms with van der Waals surface area (Å²) < 4.78 is 1.81. The fourth-order valence-electron chi connectivity index (χ4n) is 1.52. The van der Waals surface area contributed by atoms with Crippen LogP contribution in [0.3, 0.4) is 0 Å². The van der Waals surface area contributed by atoms with E-state index in [4.69, 9.17) is 5.73 Å². The second kappa shape index (κ2) is 4.45. The van der Waals surface area contributed by atoms with Crippen molar-refractivity contribution in [3.05, 3.63) is 42.0 Å². The van der Waals surface area contributed by atoms with Gasteiger partial charge in [0.05, 0.1) is 23.3 Å². The second-order valence-electron chi connectivity index (χ2n) is 3.86. The van der Waals surface area contributed by atoms with E-state index in [1.807, 2.05) is 36.0 Å². The van der Waals surface area contributed by atoms with Gasteiger partial charge in [0.1, 0.15) is 0 Å². The number of nitrogens with two attached hydrogens (primary N) is 1. The van der Waals surface area contributed by atoms with Gasteiger partial charge in [-0.05, 0) is 31.5 Å². The Labute approximate surface area is 95.1 Å². The molecule has 2 N–H and O–H groups in total. The molecular weight excluding hydrogens is 200 g/mol. The van der Waals surface area contributed by atoms with E-state index in [2.05, 4.69) is 17.0 Å². The highest BCUT2D eigenvalue weighted by Crippen LogP contribution is 2.13. The Hall–Kier alpha value is -1.68. The highest BCUT2D eigenvalue weighted by atomic mass is 15.3. The molecule has 2 heterocycles. The number of hydrogen-bond acceptors (Lipinski definition) is 3. The van der Waals surface area contributed by atoms with Crippen LogP contribution in [0.15, 0.2) is 30.6 Å². The molecule has 16 heavy (non-hydrogen) atoms. The third-order valence-corrected chi connectivity index (χ3v) is 2.58. The molecule has 0 aromatic carbocycles. The highest BCUT2D eigenvalue weighted by molar-refractivity contribution is 5.29. The van der Waals surface area contributed by atoms with Gasteiger partial charge in [-0.2, -0.15) is 5.10 Å². The Bertz CT molecular complexity index is 458. The van der Waals surface area contributed by atoms with Crippen LogP contribution in [0.5, 0.6) is 0 Å². The van der Waals surface area contributed by atoms with Crippen molar-refractivity contribution in [1.82, 2.24) is 14.8 Å². The average Bonchev–Trinajstić information content (AvgIpc) is 2.75. The maximum absolute atomic E-state index is 5.90. The summed E-state index contributed by atoms with van der Waals surface area (Å²) in [6.07, 6.45) is 4.62. The molecule has 0 bridgehead atoms. The molecule has 0 saturated heterocycles. The summed E-state index contributed by atoms with van der Waals surface area (Å²) in [4.78, 5) is 4.35. The molecule has 0 fully saturated rings. The van der Waals surface area contributed by atoms with Crippen LogP contribution < -0.4 is 5.73 Å². The summed E-state index contributed by atoms with van der Waals surface area (Å²) >= 11 is 0. The minimum absolute atomic E-state index is 0.0217. The van der Waals surface area contributed by atoms with E-state index in [0.29, 0.717) is 0 Å². The first-order valence-electron chi connectivity index (χ1n) is 5.45. The van der Waals surface area contributed by atoms with E-state index in [0.717, 1.165) is 23.5 Å². The van der Waals surface area contributed by atoms with Crippen LogP contribution in [0.4, 0.5) is 0 Å². The molecule has 0 spiro atoms.